The van der Waals surface area contributed by atoms with Crippen LogP contribution in [0.1, 0.15) is 111 Å². The minimum Gasteiger partial charge on any atom is -0.466 e. The fraction of sp³-hybridized carbons (Fsp3) is 0.778. The Kier molecular flexibility index (Phi) is 15.9. The van der Waals surface area contributed by atoms with Crippen molar-refractivity contribution in [1.82, 2.24) is 0 Å². The number of ketones is 1. The zero-order valence-electron chi connectivity index (χ0n) is 20.2. The maximum absolute atomic E-state index is 12.7. The van der Waals surface area contributed by atoms with Gasteiger partial charge < -0.3 is 9.47 Å². The lowest BCUT2D eigenvalue weighted by Gasteiger charge is -2.21. The first kappa shape index (κ1) is 27.4. The fourth-order valence-electron chi connectivity index (χ4n) is 3.90. The number of esters is 1. The van der Waals surface area contributed by atoms with Crippen molar-refractivity contribution in [3.63, 3.8) is 0 Å². The molecule has 1 rings (SSSR count). The van der Waals surface area contributed by atoms with Gasteiger partial charge in [-0.25, -0.2) is 0 Å². The molecule has 4 nitrogen and oxygen atoms in total. The van der Waals surface area contributed by atoms with E-state index in [1.807, 2.05) is 6.92 Å². The lowest BCUT2D eigenvalue weighted by molar-refractivity contribution is -0.143. The van der Waals surface area contributed by atoms with Gasteiger partial charge in [0.2, 0.25) is 0 Å². The predicted molar refractivity (Wildman–Crippen MR) is 127 cm³/mol. The third-order valence-electron chi connectivity index (χ3n) is 5.72. The van der Waals surface area contributed by atoms with Gasteiger partial charge in [0.1, 0.15) is 6.10 Å². The Hall–Kier alpha value is -1.60. The smallest absolute Gasteiger partial charge is 0.305 e. The largest absolute Gasteiger partial charge is 0.466 e. The molecule has 0 spiro atoms. The molecule has 31 heavy (non-hydrogen) atoms. The summed E-state index contributed by atoms with van der Waals surface area (Å²) in [5.41, 5.74) is 0.851. The number of ether oxygens (including phenoxy) is 2. The molecule has 0 aromatic heterocycles. The molecule has 0 fully saturated rings. The highest BCUT2D eigenvalue weighted by atomic mass is 16.5. The zero-order chi connectivity index (χ0) is 22.7. The first-order valence-electron chi connectivity index (χ1n) is 12.7. The average molecular weight is 433 g/mol. The molecule has 0 heterocycles. The van der Waals surface area contributed by atoms with Crippen molar-refractivity contribution < 1.29 is 19.1 Å². The van der Waals surface area contributed by atoms with Crippen LogP contribution in [-0.4, -0.2) is 31.1 Å². The third-order valence-corrected chi connectivity index (χ3v) is 5.72. The number of allylic oxidation sites excluding steroid dienone is 1. The lowest BCUT2D eigenvalue weighted by Crippen LogP contribution is -2.26. The summed E-state index contributed by atoms with van der Waals surface area (Å²) in [6.45, 7) is 7.20. The fourth-order valence-corrected chi connectivity index (χ4v) is 3.90. The van der Waals surface area contributed by atoms with Gasteiger partial charge in [-0.2, -0.15) is 0 Å². The van der Waals surface area contributed by atoms with Gasteiger partial charge in [-0.15, -0.1) is 0 Å². The number of hydrogen-bond acceptors (Lipinski definition) is 4. The van der Waals surface area contributed by atoms with E-state index in [2.05, 4.69) is 25.7 Å². The Bertz CT molecular complexity index is 596. The second kappa shape index (κ2) is 18.0. The summed E-state index contributed by atoms with van der Waals surface area (Å²) < 4.78 is 11.1. The Morgan fingerprint density at radius 1 is 0.935 bits per heavy atom. The molecule has 0 aromatic carbocycles. The molecule has 1 aliphatic rings. The van der Waals surface area contributed by atoms with Crippen molar-refractivity contribution >= 4 is 11.8 Å². The molecule has 0 radical (unpaired) electrons. The van der Waals surface area contributed by atoms with Crippen molar-refractivity contribution in [1.29, 1.82) is 0 Å². The maximum atomic E-state index is 12.7. The summed E-state index contributed by atoms with van der Waals surface area (Å²) in [5.74, 6) is 6.42. The van der Waals surface area contributed by atoms with Gasteiger partial charge in [-0.3, -0.25) is 9.59 Å². The standard InChI is InChI=1S/C27H44O4/c1-4-7-9-11-13-14-18-23-22-25(28)24(19-15-12-10-8-5-2)27(23)31-21-17-16-20-26(29)30-6-3/h22,24,27H,4-13,15-17,19-21H2,1-3H3/t24-,27-/m0/s1. The maximum Gasteiger partial charge on any atom is 0.305 e. The molecule has 176 valence electrons. The summed E-state index contributed by atoms with van der Waals surface area (Å²) in [7, 11) is 0. The van der Waals surface area contributed by atoms with E-state index in [0.717, 1.165) is 44.1 Å². The number of unbranched alkanes of at least 4 members (excludes halogenated alkanes) is 9. The van der Waals surface area contributed by atoms with Gasteiger partial charge in [-0.05, 0) is 38.7 Å². The Balaban J connectivity index is 2.56. The molecule has 0 aliphatic heterocycles. The number of carbonyl (C=O) groups excluding carboxylic acids is 2. The van der Waals surface area contributed by atoms with Gasteiger partial charge in [0, 0.05) is 25.0 Å². The van der Waals surface area contributed by atoms with Crippen molar-refractivity contribution in [2.45, 2.75) is 117 Å². The predicted octanol–water partition coefficient (Wildman–Crippen LogP) is 6.56. The van der Waals surface area contributed by atoms with Gasteiger partial charge in [0.05, 0.1) is 12.5 Å². The Morgan fingerprint density at radius 2 is 1.65 bits per heavy atom. The van der Waals surface area contributed by atoms with E-state index >= 15 is 0 Å². The molecule has 2 atom stereocenters. The van der Waals surface area contributed by atoms with Gasteiger partial charge in [-0.1, -0.05) is 77.1 Å². The van der Waals surface area contributed by atoms with Crippen molar-refractivity contribution in [3.05, 3.63) is 11.6 Å². The molecule has 0 saturated heterocycles. The van der Waals surface area contributed by atoms with E-state index in [1.165, 1.54) is 44.9 Å². The third kappa shape index (κ3) is 12.1. The molecule has 1 aliphatic carbocycles. The van der Waals surface area contributed by atoms with Crippen LogP contribution < -0.4 is 0 Å². The number of hydrogen-bond donors (Lipinski definition) is 0. The average Bonchev–Trinajstić information content (AvgIpc) is 3.05. The second-order valence-electron chi connectivity index (χ2n) is 8.48. The topological polar surface area (TPSA) is 52.6 Å². The highest BCUT2D eigenvalue weighted by molar-refractivity contribution is 5.97. The second-order valence-corrected chi connectivity index (χ2v) is 8.48. The SMILES string of the molecule is CCCCCCC#CC1=CC(=O)[C@H](CCCCCCC)[C@H]1OCCCCC(=O)OCC. The summed E-state index contributed by atoms with van der Waals surface area (Å²) in [6.07, 6.45) is 15.9. The van der Waals surface area contributed by atoms with Crippen LogP contribution in [0, 0.1) is 17.8 Å². The van der Waals surface area contributed by atoms with Crippen molar-refractivity contribution in [2.24, 2.45) is 5.92 Å². The number of rotatable bonds is 17. The van der Waals surface area contributed by atoms with Crippen LogP contribution in [0.4, 0.5) is 0 Å². The molecule has 0 unspecified atom stereocenters. The van der Waals surface area contributed by atoms with E-state index in [9.17, 15) is 9.59 Å². The van der Waals surface area contributed by atoms with Crippen LogP contribution in [0.2, 0.25) is 0 Å². The van der Waals surface area contributed by atoms with Crippen LogP contribution in [0.25, 0.3) is 0 Å². The molecule has 0 aromatic rings. The summed E-state index contributed by atoms with van der Waals surface area (Å²) in [6, 6.07) is 0. The van der Waals surface area contributed by atoms with E-state index in [-0.39, 0.29) is 23.8 Å². The van der Waals surface area contributed by atoms with Gasteiger partial charge >= 0.3 is 5.97 Å². The van der Waals surface area contributed by atoms with Crippen LogP contribution in [0.5, 0.6) is 0 Å². The van der Waals surface area contributed by atoms with Gasteiger partial charge in [0.15, 0.2) is 5.78 Å². The molecular weight excluding hydrogens is 388 g/mol. The quantitative estimate of drug-likeness (QED) is 0.148. The van der Waals surface area contributed by atoms with Crippen molar-refractivity contribution in [2.75, 3.05) is 13.2 Å². The Morgan fingerprint density at radius 3 is 2.35 bits per heavy atom. The minimum absolute atomic E-state index is 0.101. The van der Waals surface area contributed by atoms with Crippen LogP contribution in [-0.2, 0) is 19.1 Å². The first-order chi connectivity index (χ1) is 15.1. The lowest BCUT2D eigenvalue weighted by atomic mass is 9.93. The first-order valence-corrected chi connectivity index (χ1v) is 12.7. The number of carbonyl (C=O) groups is 2. The highest BCUT2D eigenvalue weighted by Gasteiger charge is 2.35. The molecule has 0 amide bonds. The van der Waals surface area contributed by atoms with Crippen LogP contribution in [0.3, 0.4) is 0 Å². The Labute approximate surface area is 190 Å². The molecule has 0 bridgehead atoms. The normalized spacial score (nSPS) is 17.9. The summed E-state index contributed by atoms with van der Waals surface area (Å²) in [4.78, 5) is 24.1. The monoisotopic (exact) mass is 432 g/mol. The summed E-state index contributed by atoms with van der Waals surface area (Å²) >= 11 is 0. The summed E-state index contributed by atoms with van der Waals surface area (Å²) in [5, 5.41) is 0. The minimum atomic E-state index is -0.218. The van der Waals surface area contributed by atoms with E-state index < -0.39 is 0 Å². The van der Waals surface area contributed by atoms with Crippen LogP contribution >= 0.6 is 0 Å². The molecule has 4 heteroatoms. The van der Waals surface area contributed by atoms with E-state index in [4.69, 9.17) is 9.47 Å². The van der Waals surface area contributed by atoms with Crippen LogP contribution in [0.15, 0.2) is 11.6 Å². The van der Waals surface area contributed by atoms with Crippen molar-refractivity contribution in [3.8, 4) is 11.8 Å². The zero-order valence-corrected chi connectivity index (χ0v) is 20.2. The van der Waals surface area contributed by atoms with E-state index in [1.54, 1.807) is 6.08 Å². The molecule has 0 saturated carbocycles. The molecular formula is C27H44O4. The van der Waals surface area contributed by atoms with Gasteiger partial charge in [0.25, 0.3) is 0 Å². The molecule has 0 N–H and O–H groups in total. The highest BCUT2D eigenvalue weighted by Crippen LogP contribution is 2.30. The van der Waals surface area contributed by atoms with E-state index in [0.29, 0.717) is 19.6 Å².